The number of aliphatic hydroxyl groups excluding tert-OH is 2. The van der Waals surface area contributed by atoms with Gasteiger partial charge in [0.05, 0.1) is 0 Å². The molecule has 0 heterocycles. The molecule has 0 atom stereocenters. The Balaban J connectivity index is -0.000000112. The minimum atomic E-state index is -1.75. The first-order chi connectivity index (χ1) is 15.2. The van der Waals surface area contributed by atoms with E-state index in [4.69, 9.17) is 10.2 Å². The summed E-state index contributed by atoms with van der Waals surface area (Å²) < 4.78 is 0. The van der Waals surface area contributed by atoms with E-state index in [1.54, 1.807) is 0 Å². The summed E-state index contributed by atoms with van der Waals surface area (Å²) in [7, 11) is -3.50. The zero-order valence-corrected chi connectivity index (χ0v) is 28.5. The van der Waals surface area contributed by atoms with Crippen molar-refractivity contribution in [2.24, 2.45) is 0 Å². The average molecular weight is 588 g/mol. The Bertz CT molecular complexity index is 257. The molecule has 0 saturated carbocycles. The fourth-order valence-electron chi connectivity index (χ4n) is 3.86. The molecule has 0 saturated heterocycles. The Morgan fingerprint density at radius 2 is 0.576 bits per heavy atom. The average Bonchev–Trinajstić information content (AvgIpc) is 2.71. The minimum Gasteiger partial charge on any atom is -0.432 e. The molecule has 0 radical (unpaired) electrons. The van der Waals surface area contributed by atoms with E-state index >= 15 is 0 Å². The molecule has 0 rings (SSSR count). The fraction of sp³-hybridized carbons (Fsp3) is 1.00. The summed E-state index contributed by atoms with van der Waals surface area (Å²) >= 11 is 0. The molecule has 0 bridgehead atoms. The number of hydrogen-bond donors (Lipinski definition) is 4. The summed E-state index contributed by atoms with van der Waals surface area (Å²) in [6.07, 6.45) is 11.0. The molecule has 0 spiro atoms. The van der Waals surface area contributed by atoms with Crippen LogP contribution in [0.2, 0.25) is 36.3 Å². The van der Waals surface area contributed by atoms with E-state index in [0.29, 0.717) is 13.2 Å². The number of hydrogen-bond acceptors (Lipinski definition) is 4. The maximum absolute atomic E-state index is 10.2. The molecular weight excluding hydrogens is 524 g/mol. The van der Waals surface area contributed by atoms with E-state index < -0.39 is 16.6 Å². The third-order valence-electron chi connectivity index (χ3n) is 5.32. The largest absolute Gasteiger partial charge is 0.432 e. The van der Waals surface area contributed by atoms with E-state index in [1.165, 1.54) is 0 Å². The maximum atomic E-state index is 10.2. The van der Waals surface area contributed by atoms with E-state index in [1.807, 2.05) is 0 Å². The Hall–Kier alpha value is 1.16. The van der Waals surface area contributed by atoms with Crippen LogP contribution in [0.25, 0.3) is 0 Å². The molecule has 204 valence electrons. The van der Waals surface area contributed by atoms with Crippen molar-refractivity contribution >= 4 is 16.6 Å². The van der Waals surface area contributed by atoms with Crippen LogP contribution in [0, 0.1) is 0 Å². The smallest absolute Gasteiger partial charge is 0.188 e. The van der Waals surface area contributed by atoms with E-state index in [2.05, 4.69) is 55.4 Å². The molecule has 0 aliphatic heterocycles. The number of unbranched alkanes of at least 4 members (excludes halogenated alkanes) is 2. The predicted molar refractivity (Wildman–Crippen MR) is 151 cm³/mol. The van der Waals surface area contributed by atoms with Gasteiger partial charge in [-0.05, 0) is 49.1 Å². The van der Waals surface area contributed by atoms with Crippen LogP contribution >= 0.6 is 0 Å². The molecule has 33 heavy (non-hydrogen) atoms. The van der Waals surface area contributed by atoms with E-state index in [0.717, 1.165) is 100 Å². The summed E-state index contributed by atoms with van der Waals surface area (Å²) in [6.45, 7) is 17.8. The topological polar surface area (TPSA) is 80.9 Å². The summed E-state index contributed by atoms with van der Waals surface area (Å²) in [6, 6.07) is 6.64. The Morgan fingerprint density at radius 3 is 0.636 bits per heavy atom. The molecule has 0 aromatic rings. The van der Waals surface area contributed by atoms with Gasteiger partial charge in [0.1, 0.15) is 0 Å². The first-order valence-electron chi connectivity index (χ1n) is 13.9. The van der Waals surface area contributed by atoms with Gasteiger partial charge in [0.15, 0.2) is 16.6 Å². The molecule has 0 fully saturated rings. The molecule has 0 unspecified atom stereocenters. The zero-order chi connectivity index (χ0) is 25.7. The molecule has 0 aliphatic rings. The van der Waals surface area contributed by atoms with E-state index in [9.17, 15) is 9.59 Å². The van der Waals surface area contributed by atoms with Gasteiger partial charge in [0.25, 0.3) is 0 Å². The second-order valence-corrected chi connectivity index (χ2v) is 17.0. The first kappa shape index (κ1) is 44.2. The van der Waals surface area contributed by atoms with Crippen molar-refractivity contribution in [1.29, 1.82) is 0 Å². The van der Waals surface area contributed by atoms with Crippen LogP contribution < -0.4 is 0 Å². The predicted octanol–water partition coefficient (Wildman–Crippen LogP) is 7.86. The third-order valence-corrected chi connectivity index (χ3v) is 13.9. The summed E-state index contributed by atoms with van der Waals surface area (Å²) in [5.41, 5.74) is 0. The van der Waals surface area contributed by atoms with Crippen LogP contribution in [-0.4, -0.2) is 49.7 Å². The van der Waals surface area contributed by atoms with Gasteiger partial charge >= 0.3 is 0 Å². The third kappa shape index (κ3) is 37.9. The van der Waals surface area contributed by atoms with Gasteiger partial charge < -0.3 is 19.8 Å². The summed E-state index contributed by atoms with van der Waals surface area (Å²) in [4.78, 5) is 20.3. The monoisotopic (exact) mass is 586 g/mol. The molecule has 0 aromatic carbocycles. The van der Waals surface area contributed by atoms with Gasteiger partial charge in [0, 0.05) is 39.4 Å². The number of aliphatic hydroxyl groups is 2. The molecule has 0 amide bonds. The molecule has 0 aliphatic carbocycles. The summed E-state index contributed by atoms with van der Waals surface area (Å²) in [5, 5.41) is 16.1. The minimum absolute atomic E-state index is 0. The Morgan fingerprint density at radius 1 is 0.394 bits per heavy atom. The quantitative estimate of drug-likeness (QED) is 0.139. The molecule has 0 aromatic heterocycles. The summed E-state index contributed by atoms with van der Waals surface area (Å²) in [5.74, 6) is 0. The first-order valence-corrected chi connectivity index (χ1v) is 19.0. The van der Waals surface area contributed by atoms with Crippen molar-refractivity contribution in [2.45, 2.75) is 156 Å². The van der Waals surface area contributed by atoms with Crippen molar-refractivity contribution in [3.05, 3.63) is 0 Å². The molecular formula is C26H64O4Si2Zr. The Kier molecular flexibility index (Phi) is 47.3. The number of rotatable bonds is 16. The van der Waals surface area contributed by atoms with Crippen LogP contribution in [0.4, 0.5) is 0 Å². The molecule has 7 heteroatoms. The van der Waals surface area contributed by atoms with Crippen LogP contribution in [-0.2, 0) is 26.2 Å². The normalized spacial score (nSPS) is 10.5. The van der Waals surface area contributed by atoms with Gasteiger partial charge in [-0.2, -0.15) is 0 Å². The second kappa shape index (κ2) is 35.3. The van der Waals surface area contributed by atoms with Gasteiger partial charge in [0.2, 0.25) is 0 Å². The van der Waals surface area contributed by atoms with Crippen LogP contribution in [0.1, 0.15) is 120 Å². The zero-order valence-electron chi connectivity index (χ0n) is 24.0. The van der Waals surface area contributed by atoms with Crippen molar-refractivity contribution in [1.82, 2.24) is 0 Å². The van der Waals surface area contributed by atoms with Crippen LogP contribution in [0.15, 0.2) is 0 Å². The van der Waals surface area contributed by atoms with Gasteiger partial charge in [-0.3, -0.25) is 0 Å². The Labute approximate surface area is 230 Å². The van der Waals surface area contributed by atoms with Crippen molar-refractivity contribution in [3.63, 3.8) is 0 Å². The van der Waals surface area contributed by atoms with Gasteiger partial charge in [-0.25, -0.2) is 0 Å². The standard InChI is InChI=1S/2C9H22OSi.2C4H10O.Zr/c2*1-4-7-11(10,8-5-2)9-6-3;2*1-2-3-4-5;/h2*10H,4-9H2,1-3H3;2*5H,2-4H2,1H3;. The van der Waals surface area contributed by atoms with Crippen LogP contribution in [0.5, 0.6) is 0 Å². The maximum Gasteiger partial charge on any atom is 0.188 e. The fourth-order valence-corrected chi connectivity index (χ4v) is 10.9. The second-order valence-electron chi connectivity index (χ2n) is 9.10. The SMILES string of the molecule is CCCCO.CCCCO.CCC[Si](O)(CCC)CCC.CCC[Si](O)(CCC)CCC.[Zr]. The van der Waals surface area contributed by atoms with Gasteiger partial charge in [-0.15, -0.1) is 0 Å². The van der Waals surface area contributed by atoms with Crippen LogP contribution in [0.3, 0.4) is 0 Å². The van der Waals surface area contributed by atoms with Crippen molar-refractivity contribution in [2.75, 3.05) is 13.2 Å². The van der Waals surface area contributed by atoms with Gasteiger partial charge in [-0.1, -0.05) is 107 Å². The van der Waals surface area contributed by atoms with E-state index in [-0.39, 0.29) is 26.2 Å². The van der Waals surface area contributed by atoms with Crippen molar-refractivity contribution < 1.29 is 46.0 Å². The van der Waals surface area contributed by atoms with Crippen molar-refractivity contribution in [3.8, 4) is 0 Å². The molecule has 4 N–H and O–H groups in total. The molecule has 4 nitrogen and oxygen atoms in total.